The van der Waals surface area contributed by atoms with Gasteiger partial charge in [0.1, 0.15) is 5.82 Å². The molecular formula is C10H12N2O3. The molecule has 80 valence electrons. The maximum absolute atomic E-state index is 11.2. The zero-order valence-electron chi connectivity index (χ0n) is 8.38. The Morgan fingerprint density at radius 3 is 2.60 bits per heavy atom. The van der Waals surface area contributed by atoms with Crippen LogP contribution in [0, 0.1) is 0 Å². The second-order valence-electron chi connectivity index (χ2n) is 3.65. The van der Waals surface area contributed by atoms with Crippen LogP contribution in [0.3, 0.4) is 0 Å². The van der Waals surface area contributed by atoms with Gasteiger partial charge in [-0.15, -0.1) is 0 Å². The second kappa shape index (κ2) is 3.58. The second-order valence-corrected chi connectivity index (χ2v) is 3.65. The van der Waals surface area contributed by atoms with Crippen molar-refractivity contribution in [2.75, 3.05) is 7.11 Å². The summed E-state index contributed by atoms with van der Waals surface area (Å²) >= 11 is 0. The average Bonchev–Trinajstić information content (AvgIpc) is 3.09. The summed E-state index contributed by atoms with van der Waals surface area (Å²) in [4.78, 5) is 19.4. The van der Waals surface area contributed by atoms with Crippen molar-refractivity contribution < 1.29 is 14.6 Å². The van der Waals surface area contributed by atoms with E-state index in [1.807, 2.05) is 0 Å². The van der Waals surface area contributed by atoms with Gasteiger partial charge in [-0.05, 0) is 18.9 Å². The number of esters is 1. The van der Waals surface area contributed by atoms with Crippen LogP contribution in [0.4, 0.5) is 0 Å². The zero-order valence-corrected chi connectivity index (χ0v) is 8.38. The Balaban J connectivity index is 2.25. The molecule has 1 aliphatic rings. The molecule has 0 bridgehead atoms. The van der Waals surface area contributed by atoms with Gasteiger partial charge in [0.15, 0.2) is 6.10 Å². The van der Waals surface area contributed by atoms with E-state index in [4.69, 9.17) is 0 Å². The first-order valence-corrected chi connectivity index (χ1v) is 4.74. The molecule has 1 aromatic heterocycles. The number of methoxy groups -OCH3 is 1. The number of carbonyl (C=O) groups is 1. The van der Waals surface area contributed by atoms with E-state index >= 15 is 0 Å². The number of carbonyl (C=O) groups excluding carboxylic acids is 1. The lowest BCUT2D eigenvalue weighted by atomic mass is 9.98. The van der Waals surface area contributed by atoms with Gasteiger partial charge in [0.2, 0.25) is 0 Å². The van der Waals surface area contributed by atoms with Crippen LogP contribution in [-0.2, 0) is 14.9 Å². The summed E-state index contributed by atoms with van der Waals surface area (Å²) in [5.74, 6) is -0.108. The molecule has 1 saturated carbocycles. The number of aliphatic hydroxyl groups excluding tert-OH is 1. The highest BCUT2D eigenvalue weighted by Crippen LogP contribution is 2.49. The van der Waals surface area contributed by atoms with Crippen LogP contribution in [0.5, 0.6) is 0 Å². The van der Waals surface area contributed by atoms with E-state index in [2.05, 4.69) is 14.7 Å². The third-order valence-corrected chi connectivity index (χ3v) is 2.75. The molecule has 0 amide bonds. The topological polar surface area (TPSA) is 72.3 Å². The Bertz CT molecular complexity index is 362. The van der Waals surface area contributed by atoms with Gasteiger partial charge in [-0.2, -0.15) is 0 Å². The fourth-order valence-electron chi connectivity index (χ4n) is 1.65. The molecule has 5 nitrogen and oxygen atoms in total. The van der Waals surface area contributed by atoms with E-state index in [-0.39, 0.29) is 0 Å². The first kappa shape index (κ1) is 10.0. The lowest BCUT2D eigenvalue weighted by Crippen LogP contribution is -2.36. The minimum atomic E-state index is -1.16. The average molecular weight is 208 g/mol. The highest BCUT2D eigenvalue weighted by atomic mass is 16.5. The molecule has 0 spiro atoms. The van der Waals surface area contributed by atoms with Crippen molar-refractivity contribution in [3.8, 4) is 0 Å². The maximum atomic E-state index is 11.2. The highest BCUT2D eigenvalue weighted by Gasteiger charge is 2.56. The molecule has 0 aliphatic heterocycles. The van der Waals surface area contributed by atoms with Crippen molar-refractivity contribution >= 4 is 5.97 Å². The van der Waals surface area contributed by atoms with E-state index < -0.39 is 17.5 Å². The van der Waals surface area contributed by atoms with Gasteiger partial charge in [-0.25, -0.2) is 14.8 Å². The zero-order chi connectivity index (χ0) is 10.9. The van der Waals surface area contributed by atoms with Crippen LogP contribution < -0.4 is 0 Å². The van der Waals surface area contributed by atoms with Crippen molar-refractivity contribution in [1.82, 2.24) is 9.97 Å². The van der Waals surface area contributed by atoms with Crippen molar-refractivity contribution in [3.63, 3.8) is 0 Å². The van der Waals surface area contributed by atoms with Gasteiger partial charge in [0.25, 0.3) is 0 Å². The molecule has 0 radical (unpaired) electrons. The van der Waals surface area contributed by atoms with Crippen molar-refractivity contribution in [3.05, 3.63) is 24.3 Å². The summed E-state index contributed by atoms with van der Waals surface area (Å²) < 4.78 is 4.52. The fraction of sp³-hybridized carbons (Fsp3) is 0.500. The van der Waals surface area contributed by atoms with E-state index in [0.717, 1.165) is 0 Å². The largest absolute Gasteiger partial charge is 0.467 e. The lowest BCUT2D eigenvalue weighted by Gasteiger charge is -2.18. The number of rotatable bonds is 3. The Morgan fingerprint density at radius 1 is 1.53 bits per heavy atom. The number of nitrogens with zero attached hydrogens (tertiary/aromatic N) is 2. The number of hydrogen-bond donors (Lipinski definition) is 1. The molecule has 0 aromatic carbocycles. The van der Waals surface area contributed by atoms with Crippen LogP contribution in [-0.4, -0.2) is 34.3 Å². The number of aliphatic hydroxyl groups is 1. The number of aromatic nitrogens is 2. The maximum Gasteiger partial charge on any atom is 0.335 e. The highest BCUT2D eigenvalue weighted by molar-refractivity contribution is 5.77. The molecule has 1 unspecified atom stereocenters. The molecular weight excluding hydrogens is 196 g/mol. The smallest absolute Gasteiger partial charge is 0.335 e. The predicted octanol–water partition coefficient (Wildman–Crippen LogP) is 0.0421. The van der Waals surface area contributed by atoms with Crippen LogP contribution in [0.25, 0.3) is 0 Å². The molecule has 2 rings (SSSR count). The number of hydrogen-bond acceptors (Lipinski definition) is 5. The molecule has 1 aromatic rings. The summed E-state index contributed by atoms with van der Waals surface area (Å²) in [6.45, 7) is 0. The van der Waals surface area contributed by atoms with Gasteiger partial charge in [-0.3, -0.25) is 0 Å². The SMILES string of the molecule is COC(=O)C(O)C1(c2ncccn2)CC1. The van der Waals surface area contributed by atoms with Crippen molar-refractivity contribution in [1.29, 1.82) is 0 Å². The fourth-order valence-corrected chi connectivity index (χ4v) is 1.65. The summed E-state index contributed by atoms with van der Waals surface area (Å²) in [5, 5.41) is 9.81. The van der Waals surface area contributed by atoms with Crippen LogP contribution in [0.1, 0.15) is 18.7 Å². The van der Waals surface area contributed by atoms with E-state index in [1.165, 1.54) is 7.11 Å². The van der Waals surface area contributed by atoms with Gasteiger partial charge >= 0.3 is 5.97 Å². The molecule has 0 saturated heterocycles. The molecule has 1 fully saturated rings. The first-order valence-electron chi connectivity index (χ1n) is 4.74. The molecule has 5 heteroatoms. The first-order chi connectivity index (χ1) is 7.20. The van der Waals surface area contributed by atoms with Gasteiger partial charge in [-0.1, -0.05) is 0 Å². The van der Waals surface area contributed by atoms with Crippen LogP contribution in [0.15, 0.2) is 18.5 Å². The molecule has 1 N–H and O–H groups in total. The van der Waals surface area contributed by atoms with E-state index in [1.54, 1.807) is 18.5 Å². The normalized spacial score (nSPS) is 19.3. The predicted molar refractivity (Wildman–Crippen MR) is 51.0 cm³/mol. The minimum absolute atomic E-state index is 0.517. The molecule has 15 heavy (non-hydrogen) atoms. The summed E-state index contributed by atoms with van der Waals surface area (Å²) in [7, 11) is 1.26. The quantitative estimate of drug-likeness (QED) is 0.710. The standard InChI is InChI=1S/C10H12N2O3/c1-15-8(14)7(13)10(3-4-10)9-11-5-2-6-12-9/h2,5-7,13H,3-4H2,1H3. The monoisotopic (exact) mass is 208 g/mol. The van der Waals surface area contributed by atoms with Crippen LogP contribution in [0.2, 0.25) is 0 Å². The Labute approximate surface area is 87.1 Å². The van der Waals surface area contributed by atoms with Gasteiger partial charge < -0.3 is 9.84 Å². The Hall–Kier alpha value is -1.49. The van der Waals surface area contributed by atoms with E-state index in [9.17, 15) is 9.90 Å². The van der Waals surface area contributed by atoms with Gasteiger partial charge in [0, 0.05) is 12.4 Å². The number of ether oxygens (including phenoxy) is 1. The summed E-state index contributed by atoms with van der Waals surface area (Å²) in [5.41, 5.74) is -0.617. The Kier molecular flexibility index (Phi) is 2.40. The Morgan fingerprint density at radius 2 is 2.13 bits per heavy atom. The summed E-state index contributed by atoms with van der Waals surface area (Å²) in [6, 6.07) is 1.70. The third kappa shape index (κ3) is 1.59. The van der Waals surface area contributed by atoms with E-state index in [0.29, 0.717) is 18.7 Å². The van der Waals surface area contributed by atoms with Crippen molar-refractivity contribution in [2.24, 2.45) is 0 Å². The molecule has 1 atom stereocenters. The van der Waals surface area contributed by atoms with Crippen LogP contribution >= 0.6 is 0 Å². The van der Waals surface area contributed by atoms with Crippen molar-refractivity contribution in [2.45, 2.75) is 24.4 Å². The molecule has 1 heterocycles. The minimum Gasteiger partial charge on any atom is -0.467 e. The summed E-state index contributed by atoms with van der Waals surface area (Å²) in [6.07, 6.45) is 3.48. The lowest BCUT2D eigenvalue weighted by molar-refractivity contribution is -0.152. The van der Waals surface area contributed by atoms with Gasteiger partial charge in [0.05, 0.1) is 12.5 Å². The third-order valence-electron chi connectivity index (χ3n) is 2.75. The molecule has 1 aliphatic carbocycles.